The van der Waals surface area contributed by atoms with E-state index in [1.807, 2.05) is 6.07 Å². The Labute approximate surface area is 186 Å². The minimum atomic E-state index is -0.777. The van der Waals surface area contributed by atoms with Crippen molar-refractivity contribution in [2.45, 2.75) is 6.43 Å². The Kier molecular flexibility index (Phi) is 7.58. The van der Waals surface area contributed by atoms with Crippen LogP contribution in [-0.2, 0) is 6.43 Å². The number of alkyl halides is 9. The summed E-state index contributed by atoms with van der Waals surface area (Å²) in [5.41, 5.74) is 2.03. The summed E-state index contributed by atoms with van der Waals surface area (Å²) in [7, 11) is 0. The van der Waals surface area contributed by atoms with Crippen molar-refractivity contribution in [2.24, 2.45) is 0 Å². The topological polar surface area (TPSA) is 20.2 Å². The number of hydrogen-bond donors (Lipinski definition) is 1. The normalized spacial score (nSPS) is 13.7. The molecule has 108 valence electrons. The number of rotatable bonds is 0. The molecule has 0 aliphatic carbocycles. The quantitative estimate of drug-likeness (QED) is 0.261. The van der Waals surface area contributed by atoms with Crippen LogP contribution in [0.15, 0.2) is 12.1 Å². The van der Waals surface area contributed by atoms with Gasteiger partial charge in [-0.1, -0.05) is 156 Å². The Bertz CT molecular complexity index is 480. The van der Waals surface area contributed by atoms with Crippen LogP contribution in [0.3, 0.4) is 0 Å². The lowest BCUT2D eigenvalue weighted by Crippen LogP contribution is -2.13. The lowest BCUT2D eigenvalue weighted by Gasteiger charge is -2.27. The maximum atomic E-state index is 10.6. The van der Waals surface area contributed by atoms with Gasteiger partial charge in [0.05, 0.1) is 0 Å². The minimum absolute atomic E-state index is 0.108. The molecule has 0 atom stereocenters. The van der Waals surface area contributed by atoms with E-state index in [4.69, 9.17) is 0 Å². The van der Waals surface area contributed by atoms with Crippen molar-refractivity contribution >= 4 is 143 Å². The zero-order valence-corrected chi connectivity index (χ0v) is 22.8. The fraction of sp³-hybridized carbons (Fsp3) is 0.333. The van der Waals surface area contributed by atoms with E-state index < -0.39 is 6.43 Å². The van der Waals surface area contributed by atoms with E-state index in [2.05, 4.69) is 143 Å². The first kappa shape index (κ1) is 20.4. The second-order valence-electron chi connectivity index (χ2n) is 3.38. The Balaban J connectivity index is 3.71. The molecule has 1 rings (SSSR count). The first-order valence-electron chi connectivity index (χ1n) is 4.34. The molecule has 0 saturated carbocycles. The summed E-state index contributed by atoms with van der Waals surface area (Å²) in [6.07, 6.45) is 0. The number of hydrogen-bond acceptors (Lipinski definition) is 1. The molecule has 1 aromatic carbocycles. The minimum Gasteiger partial charge on any atom is -0.507 e. The molecule has 0 radical (unpaired) electrons. The first-order chi connectivity index (χ1) is 8.26. The fourth-order valence-electron chi connectivity index (χ4n) is 1.34. The predicted molar refractivity (Wildman–Crippen MR) is 113 cm³/mol. The highest BCUT2D eigenvalue weighted by atomic mass is 80.0. The molecule has 10 heteroatoms. The zero-order chi connectivity index (χ0) is 15.2. The highest BCUT2D eigenvalue weighted by Gasteiger charge is 2.38. The average Bonchev–Trinajstić information content (AvgIpc) is 2.11. The van der Waals surface area contributed by atoms with Gasteiger partial charge in [-0.2, -0.15) is 0 Å². The lowest BCUT2D eigenvalue weighted by atomic mass is 10.1. The number of benzene rings is 1. The van der Waals surface area contributed by atoms with Crippen LogP contribution in [0.25, 0.3) is 0 Å². The van der Waals surface area contributed by atoms with Gasteiger partial charge in [-0.25, -0.2) is 0 Å². The summed E-state index contributed by atoms with van der Waals surface area (Å²) in [5, 5.41) is 10.6. The van der Waals surface area contributed by atoms with Crippen LogP contribution in [0.1, 0.15) is 16.7 Å². The summed E-state index contributed by atoms with van der Waals surface area (Å²) in [6, 6.07) is 3.67. The van der Waals surface area contributed by atoms with E-state index in [0.29, 0.717) is 11.1 Å². The van der Waals surface area contributed by atoms with Crippen molar-refractivity contribution in [1.82, 2.24) is 0 Å². The molecule has 19 heavy (non-hydrogen) atoms. The highest BCUT2D eigenvalue weighted by Crippen LogP contribution is 2.59. The Morgan fingerprint density at radius 2 is 1.00 bits per heavy atom. The third-order valence-electron chi connectivity index (χ3n) is 2.07. The van der Waals surface area contributed by atoms with Gasteiger partial charge < -0.3 is 5.11 Å². The molecule has 0 amide bonds. The monoisotopic (exact) mass is 837 g/mol. The Hall–Kier alpha value is 3.34. The van der Waals surface area contributed by atoms with Gasteiger partial charge in [0.2, 0.25) is 0 Å². The standard InChI is InChI=1S/C9H3Br9O/c10-7(11,12)3-1-2-4(8(13,14)15)6(19)5(3)9(16,17)18/h1-2,19H. The number of phenolic OH excluding ortho intramolecular Hbond substituents is 1. The third kappa shape index (κ3) is 5.43. The molecule has 1 N–H and O–H groups in total. The van der Waals surface area contributed by atoms with Gasteiger partial charge >= 0.3 is 0 Å². The van der Waals surface area contributed by atoms with Crippen molar-refractivity contribution in [3.63, 3.8) is 0 Å². The van der Waals surface area contributed by atoms with Crippen molar-refractivity contribution in [3.8, 4) is 5.75 Å². The van der Waals surface area contributed by atoms with Crippen LogP contribution < -0.4 is 0 Å². The van der Waals surface area contributed by atoms with Crippen LogP contribution >= 0.6 is 143 Å². The molecule has 0 bridgehead atoms. The molecule has 0 aliphatic heterocycles. The lowest BCUT2D eigenvalue weighted by molar-refractivity contribution is 0.464. The maximum absolute atomic E-state index is 10.6. The van der Waals surface area contributed by atoms with E-state index >= 15 is 0 Å². The van der Waals surface area contributed by atoms with Gasteiger partial charge in [0.1, 0.15) is 5.75 Å². The van der Waals surface area contributed by atoms with E-state index in [0.717, 1.165) is 5.56 Å². The molecule has 0 fully saturated rings. The smallest absolute Gasteiger partial charge is 0.163 e. The molecule has 0 aliphatic rings. The van der Waals surface area contributed by atoms with Crippen LogP contribution in [0.4, 0.5) is 0 Å². The summed E-state index contributed by atoms with van der Waals surface area (Å²) in [6.45, 7) is 0. The molecule has 0 heterocycles. The SMILES string of the molecule is Oc1c(C(Br)(Br)Br)ccc(C(Br)(Br)Br)c1C(Br)(Br)Br. The van der Waals surface area contributed by atoms with Crippen molar-refractivity contribution in [1.29, 1.82) is 0 Å². The van der Waals surface area contributed by atoms with E-state index in [1.165, 1.54) is 0 Å². The van der Waals surface area contributed by atoms with Crippen LogP contribution in [0.5, 0.6) is 5.75 Å². The van der Waals surface area contributed by atoms with Gasteiger partial charge in [-0.3, -0.25) is 0 Å². The van der Waals surface area contributed by atoms with Gasteiger partial charge in [0.25, 0.3) is 0 Å². The third-order valence-corrected chi connectivity index (χ3v) is 5.82. The van der Waals surface area contributed by atoms with E-state index in [-0.39, 0.29) is 5.75 Å². The van der Waals surface area contributed by atoms with Gasteiger partial charge in [0.15, 0.2) is 6.43 Å². The van der Waals surface area contributed by atoms with Crippen molar-refractivity contribution in [2.75, 3.05) is 0 Å². The molecular weight excluding hydrogens is 843 g/mol. The summed E-state index contributed by atoms with van der Waals surface area (Å²) in [5.74, 6) is 0.108. The Morgan fingerprint density at radius 3 is 1.32 bits per heavy atom. The number of aromatic hydroxyl groups is 1. The first-order valence-corrected chi connectivity index (χ1v) is 11.5. The molecule has 0 aromatic heterocycles. The van der Waals surface area contributed by atoms with Gasteiger partial charge in [-0.05, 0) is 0 Å². The fourth-order valence-corrected chi connectivity index (χ4v) is 4.50. The van der Waals surface area contributed by atoms with Crippen molar-refractivity contribution in [3.05, 3.63) is 28.8 Å². The predicted octanol–water partition coefficient (Wildman–Crippen LogP) is 8.28. The zero-order valence-electron chi connectivity index (χ0n) is 8.50. The number of halogens is 9. The van der Waals surface area contributed by atoms with E-state index in [9.17, 15) is 5.11 Å². The van der Waals surface area contributed by atoms with Crippen LogP contribution in [-0.4, -0.2) is 5.11 Å². The number of phenols is 1. The van der Waals surface area contributed by atoms with Crippen molar-refractivity contribution < 1.29 is 5.11 Å². The summed E-state index contributed by atoms with van der Waals surface area (Å²) < 4.78 is -2.15. The second kappa shape index (κ2) is 7.07. The Morgan fingerprint density at radius 1 is 0.632 bits per heavy atom. The second-order valence-corrected chi connectivity index (χ2v) is 23.7. The van der Waals surface area contributed by atoms with Crippen LogP contribution in [0, 0.1) is 0 Å². The van der Waals surface area contributed by atoms with Crippen LogP contribution in [0.2, 0.25) is 0 Å². The molecular formula is C9H3Br9O. The molecule has 1 nitrogen and oxygen atoms in total. The molecule has 1 aromatic rings. The summed E-state index contributed by atoms with van der Waals surface area (Å²) in [4.78, 5) is 0. The maximum Gasteiger partial charge on any atom is 0.163 e. The highest BCUT2D eigenvalue weighted by molar-refractivity contribution is 9.39. The van der Waals surface area contributed by atoms with E-state index in [1.54, 1.807) is 6.07 Å². The van der Waals surface area contributed by atoms with Gasteiger partial charge in [-0.15, -0.1) is 0 Å². The van der Waals surface area contributed by atoms with Gasteiger partial charge in [0, 0.05) is 16.7 Å². The molecule has 0 saturated heterocycles. The molecule has 0 unspecified atom stereocenters. The largest absolute Gasteiger partial charge is 0.507 e. The molecule has 0 spiro atoms. The average molecular weight is 846 g/mol. The summed E-state index contributed by atoms with van der Waals surface area (Å²) >= 11 is 30.9.